The highest BCUT2D eigenvalue weighted by Crippen LogP contribution is 2.12. The van der Waals surface area contributed by atoms with Gasteiger partial charge in [-0.3, -0.25) is 4.79 Å². The van der Waals surface area contributed by atoms with Crippen LogP contribution in [0, 0.1) is 0 Å². The molecule has 4 aromatic rings. The lowest BCUT2D eigenvalue weighted by atomic mass is 10.2. The summed E-state index contributed by atoms with van der Waals surface area (Å²) in [5.74, 6) is 0.755. The minimum Gasteiger partial charge on any atom is -0.333 e. The molecule has 0 N–H and O–H groups in total. The molecule has 3 aromatic heterocycles. The third-order valence-corrected chi connectivity index (χ3v) is 4.36. The molecule has 1 aromatic carbocycles. The summed E-state index contributed by atoms with van der Waals surface area (Å²) in [7, 11) is 1.78. The molecule has 6 nitrogen and oxygen atoms in total. The van der Waals surface area contributed by atoms with E-state index in [2.05, 4.69) is 26.8 Å². The molecule has 0 unspecified atom stereocenters. The van der Waals surface area contributed by atoms with Gasteiger partial charge in [-0.2, -0.15) is 5.10 Å². The van der Waals surface area contributed by atoms with Crippen LogP contribution in [0.2, 0.25) is 0 Å². The molecule has 0 saturated carbocycles. The number of hydrogen-bond donors (Lipinski definition) is 0. The number of carbonyl (C=O) groups is 1. The second-order valence-electron chi connectivity index (χ2n) is 6.20. The number of benzene rings is 1. The summed E-state index contributed by atoms with van der Waals surface area (Å²) in [6.07, 6.45) is 5.40. The Morgan fingerprint density at radius 1 is 1.04 bits per heavy atom. The zero-order chi connectivity index (χ0) is 17.9. The first-order chi connectivity index (χ1) is 12.7. The van der Waals surface area contributed by atoms with Crippen LogP contribution in [0.25, 0.3) is 5.52 Å². The van der Waals surface area contributed by atoms with Crippen molar-refractivity contribution < 1.29 is 4.79 Å². The molecule has 0 aliphatic heterocycles. The number of fused-ring (bicyclic) bond motifs is 1. The third kappa shape index (κ3) is 3.09. The summed E-state index contributed by atoms with van der Waals surface area (Å²) in [5, 5.41) is 4.24. The van der Waals surface area contributed by atoms with E-state index in [0.717, 1.165) is 17.9 Å². The maximum absolute atomic E-state index is 12.9. The Bertz CT molecular complexity index is 1030. The predicted molar refractivity (Wildman–Crippen MR) is 98.8 cm³/mol. The Kier molecular flexibility index (Phi) is 4.23. The molecule has 0 saturated heterocycles. The first kappa shape index (κ1) is 16.1. The van der Waals surface area contributed by atoms with Crippen LogP contribution in [0.3, 0.4) is 0 Å². The van der Waals surface area contributed by atoms with Crippen LogP contribution >= 0.6 is 0 Å². The summed E-state index contributed by atoms with van der Waals surface area (Å²) in [5.41, 5.74) is 2.63. The molecule has 0 aliphatic rings. The van der Waals surface area contributed by atoms with E-state index in [0.29, 0.717) is 12.2 Å². The molecule has 26 heavy (non-hydrogen) atoms. The minimum atomic E-state index is -0.0893. The molecule has 1 amide bonds. The molecule has 0 fully saturated rings. The van der Waals surface area contributed by atoms with Gasteiger partial charge in [0, 0.05) is 26.0 Å². The lowest BCUT2D eigenvalue weighted by Crippen LogP contribution is -2.29. The van der Waals surface area contributed by atoms with Crippen molar-refractivity contribution in [3.63, 3.8) is 0 Å². The second-order valence-corrected chi connectivity index (χ2v) is 6.20. The molecular formula is C20H19N5O. The van der Waals surface area contributed by atoms with E-state index in [9.17, 15) is 4.79 Å². The lowest BCUT2D eigenvalue weighted by Gasteiger charge is -2.18. The molecule has 0 spiro atoms. The van der Waals surface area contributed by atoms with Crippen LogP contribution in [0.5, 0.6) is 0 Å². The number of carbonyl (C=O) groups excluding carboxylic acids is 1. The molecular weight excluding hydrogens is 326 g/mol. The Labute approximate surface area is 151 Å². The van der Waals surface area contributed by atoms with E-state index in [-0.39, 0.29) is 5.91 Å². The summed E-state index contributed by atoms with van der Waals surface area (Å²) in [6, 6.07) is 17.7. The second kappa shape index (κ2) is 6.84. The Hall–Kier alpha value is -3.41. The number of rotatable bonds is 5. The monoisotopic (exact) mass is 345 g/mol. The lowest BCUT2D eigenvalue weighted by molar-refractivity contribution is 0.0771. The van der Waals surface area contributed by atoms with E-state index in [4.69, 9.17) is 0 Å². The predicted octanol–water partition coefficient (Wildman–Crippen LogP) is 2.85. The number of aromatic nitrogens is 4. The van der Waals surface area contributed by atoms with Gasteiger partial charge in [0.1, 0.15) is 11.5 Å². The van der Waals surface area contributed by atoms with Gasteiger partial charge < -0.3 is 9.47 Å². The van der Waals surface area contributed by atoms with Crippen molar-refractivity contribution in [3.05, 3.63) is 90.3 Å². The number of pyridine rings is 1. The summed E-state index contributed by atoms with van der Waals surface area (Å²) in [4.78, 5) is 19.0. The van der Waals surface area contributed by atoms with E-state index >= 15 is 0 Å². The average Bonchev–Trinajstić information content (AvgIpc) is 3.31. The molecule has 3 heterocycles. The highest BCUT2D eigenvalue weighted by atomic mass is 16.2. The van der Waals surface area contributed by atoms with Crippen molar-refractivity contribution in [2.45, 2.75) is 13.1 Å². The average molecular weight is 345 g/mol. The SMILES string of the molecule is CN(Cc1nccn1Cc1ccccc1)C(=O)c1cccc2ccnn12. The topological polar surface area (TPSA) is 55.4 Å². The van der Waals surface area contributed by atoms with Crippen LogP contribution in [0.1, 0.15) is 21.9 Å². The van der Waals surface area contributed by atoms with Crippen LogP contribution in [0.15, 0.2) is 73.2 Å². The molecule has 0 atom stereocenters. The first-order valence-corrected chi connectivity index (χ1v) is 8.44. The standard InChI is InChI=1S/C20H19N5O/c1-23(20(26)18-9-5-8-17-10-11-22-25(17)18)15-19-21-12-13-24(19)14-16-6-3-2-4-7-16/h2-13H,14-15H2,1H3. The zero-order valence-electron chi connectivity index (χ0n) is 14.5. The van der Waals surface area contributed by atoms with E-state index in [1.807, 2.05) is 42.6 Å². The number of nitrogens with zero attached hydrogens (tertiary/aromatic N) is 5. The van der Waals surface area contributed by atoms with Crippen LogP contribution in [0.4, 0.5) is 0 Å². The fourth-order valence-corrected chi connectivity index (χ4v) is 3.01. The number of hydrogen-bond acceptors (Lipinski definition) is 3. The van der Waals surface area contributed by atoms with Gasteiger partial charge in [0.15, 0.2) is 0 Å². The summed E-state index contributed by atoms with van der Waals surface area (Å²) < 4.78 is 3.73. The highest BCUT2D eigenvalue weighted by Gasteiger charge is 2.17. The number of imidazole rings is 1. The van der Waals surface area contributed by atoms with Crippen molar-refractivity contribution >= 4 is 11.4 Å². The van der Waals surface area contributed by atoms with Gasteiger partial charge in [0.05, 0.1) is 18.3 Å². The van der Waals surface area contributed by atoms with Crippen LogP contribution < -0.4 is 0 Å². The Balaban J connectivity index is 1.54. The van der Waals surface area contributed by atoms with Crippen molar-refractivity contribution in [3.8, 4) is 0 Å². The van der Waals surface area contributed by atoms with Gasteiger partial charge in [0.2, 0.25) is 0 Å². The van der Waals surface area contributed by atoms with Gasteiger partial charge in [-0.15, -0.1) is 0 Å². The smallest absolute Gasteiger partial charge is 0.272 e. The molecule has 4 rings (SSSR count). The van der Waals surface area contributed by atoms with Crippen LogP contribution in [-0.4, -0.2) is 37.0 Å². The van der Waals surface area contributed by atoms with Crippen molar-refractivity contribution in [1.82, 2.24) is 24.1 Å². The minimum absolute atomic E-state index is 0.0893. The van der Waals surface area contributed by atoms with E-state index in [1.54, 1.807) is 34.9 Å². The van der Waals surface area contributed by atoms with Gasteiger partial charge in [-0.1, -0.05) is 36.4 Å². The van der Waals surface area contributed by atoms with Crippen LogP contribution in [-0.2, 0) is 13.1 Å². The molecule has 0 radical (unpaired) electrons. The third-order valence-electron chi connectivity index (χ3n) is 4.36. The van der Waals surface area contributed by atoms with Crippen molar-refractivity contribution in [1.29, 1.82) is 0 Å². The quantitative estimate of drug-likeness (QED) is 0.559. The van der Waals surface area contributed by atoms with Crippen molar-refractivity contribution in [2.24, 2.45) is 0 Å². The molecule has 0 bridgehead atoms. The van der Waals surface area contributed by atoms with Gasteiger partial charge in [-0.05, 0) is 23.8 Å². The Morgan fingerprint density at radius 2 is 1.88 bits per heavy atom. The first-order valence-electron chi connectivity index (χ1n) is 8.44. The highest BCUT2D eigenvalue weighted by molar-refractivity contribution is 5.93. The maximum Gasteiger partial charge on any atom is 0.272 e. The maximum atomic E-state index is 12.9. The molecule has 130 valence electrons. The zero-order valence-corrected chi connectivity index (χ0v) is 14.5. The largest absolute Gasteiger partial charge is 0.333 e. The van der Waals surface area contributed by atoms with Crippen molar-refractivity contribution in [2.75, 3.05) is 7.05 Å². The molecule has 0 aliphatic carbocycles. The van der Waals surface area contributed by atoms with E-state index < -0.39 is 0 Å². The van der Waals surface area contributed by atoms with Gasteiger partial charge >= 0.3 is 0 Å². The van der Waals surface area contributed by atoms with Gasteiger partial charge in [-0.25, -0.2) is 9.50 Å². The molecule has 6 heteroatoms. The number of amides is 1. The summed E-state index contributed by atoms with van der Waals surface area (Å²) >= 11 is 0. The fourth-order valence-electron chi connectivity index (χ4n) is 3.01. The normalized spacial score (nSPS) is 11.0. The van der Waals surface area contributed by atoms with Gasteiger partial charge in [0.25, 0.3) is 5.91 Å². The fraction of sp³-hybridized carbons (Fsp3) is 0.150. The van der Waals surface area contributed by atoms with E-state index in [1.165, 1.54) is 5.56 Å². The summed E-state index contributed by atoms with van der Waals surface area (Å²) in [6.45, 7) is 1.16. The Morgan fingerprint density at radius 3 is 2.73 bits per heavy atom.